The molecule has 3 unspecified atom stereocenters. The first-order chi connectivity index (χ1) is 9.76. The minimum atomic E-state index is -4.18. The van der Waals surface area contributed by atoms with Crippen LogP contribution in [0.5, 0.6) is 0 Å². The van der Waals surface area contributed by atoms with Gasteiger partial charge in [0, 0.05) is 23.2 Å². The normalized spacial score (nSPS) is 25.7. The van der Waals surface area contributed by atoms with Crippen LogP contribution in [0.15, 0.2) is 21.5 Å². The number of benzene rings is 1. The lowest BCUT2D eigenvalue weighted by molar-refractivity contribution is -0.0248. The van der Waals surface area contributed by atoms with Crippen LogP contribution in [-0.4, -0.2) is 33.2 Å². The summed E-state index contributed by atoms with van der Waals surface area (Å²) in [4.78, 5) is -0.641. The van der Waals surface area contributed by atoms with Gasteiger partial charge >= 0.3 is 0 Å². The fourth-order valence-electron chi connectivity index (χ4n) is 2.21. The number of ether oxygens (including phenoxy) is 1. The summed E-state index contributed by atoms with van der Waals surface area (Å²) in [6.45, 7) is 2.20. The second-order valence-corrected chi connectivity index (χ2v) is 7.24. The van der Waals surface area contributed by atoms with E-state index in [1.165, 1.54) is 0 Å². The van der Waals surface area contributed by atoms with Crippen molar-refractivity contribution < 1.29 is 21.9 Å². The Morgan fingerprint density at radius 3 is 2.67 bits per heavy atom. The van der Waals surface area contributed by atoms with Gasteiger partial charge in [-0.05, 0) is 35.3 Å². The highest BCUT2D eigenvalue weighted by molar-refractivity contribution is 9.10. The Balaban J connectivity index is 2.27. The highest BCUT2D eigenvalue weighted by Crippen LogP contribution is 2.29. The van der Waals surface area contributed by atoms with Crippen LogP contribution in [0.3, 0.4) is 0 Å². The Bertz CT molecular complexity index is 616. The van der Waals surface area contributed by atoms with Crippen LogP contribution >= 0.6 is 15.9 Å². The molecule has 3 N–H and O–H groups in total. The predicted molar refractivity (Wildman–Crippen MR) is 76.2 cm³/mol. The molecule has 0 amide bonds. The first kappa shape index (κ1) is 16.8. The van der Waals surface area contributed by atoms with E-state index in [2.05, 4.69) is 20.7 Å². The first-order valence-electron chi connectivity index (χ1n) is 6.30. The van der Waals surface area contributed by atoms with Gasteiger partial charge in [-0.15, -0.1) is 0 Å². The van der Waals surface area contributed by atoms with Crippen molar-refractivity contribution in [3.05, 3.63) is 28.2 Å². The van der Waals surface area contributed by atoms with Gasteiger partial charge in [-0.3, -0.25) is 0 Å². The van der Waals surface area contributed by atoms with E-state index in [0.29, 0.717) is 19.1 Å². The Labute approximate surface area is 130 Å². The summed E-state index contributed by atoms with van der Waals surface area (Å²) < 4.78 is 58.8. The third-order valence-electron chi connectivity index (χ3n) is 3.27. The van der Waals surface area contributed by atoms with Gasteiger partial charge in [-0.25, -0.2) is 21.9 Å². The van der Waals surface area contributed by atoms with Crippen LogP contribution in [0.2, 0.25) is 0 Å². The van der Waals surface area contributed by atoms with Crippen molar-refractivity contribution >= 4 is 26.0 Å². The van der Waals surface area contributed by atoms with Crippen LogP contribution in [0.4, 0.5) is 8.78 Å². The Morgan fingerprint density at radius 1 is 1.48 bits per heavy atom. The second kappa shape index (κ2) is 6.25. The maximum atomic E-state index is 13.8. The molecule has 0 aromatic heterocycles. The highest BCUT2D eigenvalue weighted by atomic mass is 79.9. The molecule has 3 atom stereocenters. The Kier molecular flexibility index (Phi) is 4.99. The van der Waals surface area contributed by atoms with E-state index in [1.807, 2.05) is 0 Å². The molecule has 0 aliphatic heterocycles. The molecule has 0 heterocycles. The highest BCUT2D eigenvalue weighted by Gasteiger charge is 2.42. The van der Waals surface area contributed by atoms with Crippen LogP contribution in [0, 0.1) is 11.6 Å². The molecule has 0 spiro atoms. The monoisotopic (exact) mass is 384 g/mol. The third kappa shape index (κ3) is 3.42. The van der Waals surface area contributed by atoms with Crippen molar-refractivity contribution in [1.82, 2.24) is 4.72 Å². The fourth-order valence-corrected chi connectivity index (χ4v) is 4.70. The summed E-state index contributed by atoms with van der Waals surface area (Å²) in [5, 5.41) is 0. The smallest absolute Gasteiger partial charge is 0.245 e. The lowest BCUT2D eigenvalue weighted by atomic mass is 9.84. The van der Waals surface area contributed by atoms with Crippen molar-refractivity contribution in [1.29, 1.82) is 0 Å². The quantitative estimate of drug-likeness (QED) is 0.805. The lowest BCUT2D eigenvalue weighted by Crippen LogP contribution is -2.64. The van der Waals surface area contributed by atoms with Gasteiger partial charge in [0.1, 0.15) is 16.5 Å². The largest absolute Gasteiger partial charge is 0.377 e. The molecule has 1 aliphatic carbocycles. The number of nitrogens with one attached hydrogen (secondary N) is 1. The average molecular weight is 385 g/mol. The standard InChI is InChI=1S/C12H15BrF2N2O3S/c1-2-20-10-5-9(16)11(10)17-21(18,19)12-7(13)3-6(14)4-8(12)15/h3-4,9-11,17H,2,5,16H2,1H3. The number of hydrogen-bond acceptors (Lipinski definition) is 4. The topological polar surface area (TPSA) is 81.4 Å². The van der Waals surface area contributed by atoms with Crippen molar-refractivity contribution in [2.75, 3.05) is 6.61 Å². The molecule has 0 radical (unpaired) electrons. The number of halogens is 3. The van der Waals surface area contributed by atoms with Crippen molar-refractivity contribution in [3.63, 3.8) is 0 Å². The van der Waals surface area contributed by atoms with E-state index in [0.717, 1.165) is 6.07 Å². The zero-order valence-corrected chi connectivity index (χ0v) is 13.5. The minimum Gasteiger partial charge on any atom is -0.377 e. The Morgan fingerprint density at radius 2 is 2.14 bits per heavy atom. The van der Waals surface area contributed by atoms with E-state index >= 15 is 0 Å². The number of rotatable bonds is 5. The maximum Gasteiger partial charge on any atom is 0.245 e. The summed E-state index contributed by atoms with van der Waals surface area (Å²) in [6.07, 6.45) is 0.177. The summed E-state index contributed by atoms with van der Waals surface area (Å²) >= 11 is 2.86. The van der Waals surface area contributed by atoms with Gasteiger partial charge in [0.2, 0.25) is 10.0 Å². The van der Waals surface area contributed by atoms with E-state index < -0.39 is 38.6 Å². The van der Waals surface area contributed by atoms with Crippen molar-refractivity contribution in [2.24, 2.45) is 5.73 Å². The van der Waals surface area contributed by atoms with Crippen LogP contribution in [0.1, 0.15) is 13.3 Å². The summed E-state index contributed by atoms with van der Waals surface area (Å²) in [5.74, 6) is -2.04. The average Bonchev–Trinajstić information content (AvgIpc) is 2.34. The third-order valence-corrected chi connectivity index (χ3v) is 5.69. The number of hydrogen-bond donors (Lipinski definition) is 2. The van der Waals surface area contributed by atoms with Gasteiger partial charge < -0.3 is 10.5 Å². The van der Waals surface area contributed by atoms with E-state index in [1.54, 1.807) is 6.92 Å². The lowest BCUT2D eigenvalue weighted by Gasteiger charge is -2.42. The first-order valence-corrected chi connectivity index (χ1v) is 8.58. The zero-order chi connectivity index (χ0) is 15.8. The molecule has 5 nitrogen and oxygen atoms in total. The van der Waals surface area contributed by atoms with Crippen LogP contribution < -0.4 is 10.5 Å². The summed E-state index contributed by atoms with van der Waals surface area (Å²) in [6, 6.07) is 0.364. The van der Waals surface area contributed by atoms with E-state index in [9.17, 15) is 17.2 Å². The van der Waals surface area contributed by atoms with Gasteiger partial charge in [-0.2, -0.15) is 0 Å². The predicted octanol–water partition coefficient (Wildman–Crippen LogP) is 1.51. The molecule has 0 bridgehead atoms. The van der Waals surface area contributed by atoms with Gasteiger partial charge in [-0.1, -0.05) is 0 Å². The van der Waals surface area contributed by atoms with Crippen molar-refractivity contribution in [3.8, 4) is 0 Å². The van der Waals surface area contributed by atoms with Crippen molar-refractivity contribution in [2.45, 2.75) is 36.4 Å². The molecule has 1 aromatic rings. The van der Waals surface area contributed by atoms with Gasteiger partial charge in [0.05, 0.1) is 12.1 Å². The molecule has 2 rings (SSSR count). The van der Waals surface area contributed by atoms with E-state index in [4.69, 9.17) is 10.5 Å². The van der Waals surface area contributed by atoms with Crippen LogP contribution in [0.25, 0.3) is 0 Å². The molecular weight excluding hydrogens is 370 g/mol. The summed E-state index contributed by atoms with van der Waals surface area (Å²) in [7, 11) is -4.18. The second-order valence-electron chi connectivity index (χ2n) is 4.74. The molecule has 21 heavy (non-hydrogen) atoms. The SMILES string of the molecule is CCOC1CC(N)C1NS(=O)(=O)c1c(F)cc(F)cc1Br. The molecule has 118 valence electrons. The fraction of sp³-hybridized carbons (Fsp3) is 0.500. The van der Waals surface area contributed by atoms with Gasteiger partial charge in [0.15, 0.2) is 0 Å². The zero-order valence-electron chi connectivity index (χ0n) is 11.1. The molecular formula is C12H15BrF2N2O3S. The van der Waals surface area contributed by atoms with E-state index in [-0.39, 0.29) is 10.6 Å². The summed E-state index contributed by atoms with van der Waals surface area (Å²) in [5.41, 5.74) is 5.76. The minimum absolute atomic E-state index is 0.187. The molecule has 0 saturated heterocycles. The maximum absolute atomic E-state index is 13.8. The molecule has 1 aliphatic rings. The van der Waals surface area contributed by atoms with Gasteiger partial charge in [0.25, 0.3) is 0 Å². The Hall–Kier alpha value is -0.610. The molecule has 1 saturated carbocycles. The number of nitrogens with two attached hydrogens (primary N) is 1. The molecule has 1 aromatic carbocycles. The molecule has 1 fully saturated rings. The molecule has 9 heteroatoms. The number of sulfonamides is 1. The van der Waals surface area contributed by atoms with Crippen LogP contribution in [-0.2, 0) is 14.8 Å².